The van der Waals surface area contributed by atoms with Gasteiger partial charge in [-0.15, -0.1) is 0 Å². The van der Waals surface area contributed by atoms with E-state index in [0.717, 1.165) is 25.8 Å². The Balaban J connectivity index is 2.50. The van der Waals surface area contributed by atoms with Crippen LogP contribution in [0.4, 0.5) is 0 Å². The molecule has 3 nitrogen and oxygen atoms in total. The van der Waals surface area contributed by atoms with Crippen molar-refractivity contribution in [1.29, 1.82) is 0 Å². The van der Waals surface area contributed by atoms with E-state index in [4.69, 9.17) is 0 Å². The fourth-order valence-electron chi connectivity index (χ4n) is 1.43. The molecular weight excluding hydrogens is 142 g/mol. The Morgan fingerprint density at radius 2 is 2.36 bits per heavy atom. The number of carbonyl (C=O) groups excluding carboxylic acids is 1. The summed E-state index contributed by atoms with van der Waals surface area (Å²) in [5, 5.41) is 12.6. The first kappa shape index (κ1) is 8.68. The van der Waals surface area contributed by atoms with Gasteiger partial charge in [0.1, 0.15) is 5.60 Å². The van der Waals surface area contributed by atoms with Gasteiger partial charge in [-0.25, -0.2) is 0 Å². The summed E-state index contributed by atoms with van der Waals surface area (Å²) in [6.45, 7) is 2.47. The molecule has 1 fully saturated rings. The molecule has 0 aliphatic carbocycles. The summed E-state index contributed by atoms with van der Waals surface area (Å²) >= 11 is 0. The van der Waals surface area contributed by atoms with Crippen molar-refractivity contribution in [3.05, 3.63) is 0 Å². The van der Waals surface area contributed by atoms with Gasteiger partial charge in [-0.2, -0.15) is 0 Å². The summed E-state index contributed by atoms with van der Waals surface area (Å²) in [4.78, 5) is 10.4. The Morgan fingerprint density at radius 3 is 2.82 bits per heavy atom. The summed E-state index contributed by atoms with van der Waals surface area (Å²) in [6.07, 6.45) is 3.76. The van der Waals surface area contributed by atoms with Gasteiger partial charge in [0.25, 0.3) is 0 Å². The van der Waals surface area contributed by atoms with E-state index in [1.54, 1.807) is 6.92 Å². The Labute approximate surface area is 66.8 Å². The normalized spacial score (nSPS) is 30.9. The van der Waals surface area contributed by atoms with E-state index < -0.39 is 5.60 Å². The highest BCUT2D eigenvalue weighted by molar-refractivity contribution is 5.62. The van der Waals surface area contributed by atoms with Gasteiger partial charge in [0.2, 0.25) is 0 Å². The molecule has 2 N–H and O–H groups in total. The van der Waals surface area contributed by atoms with Gasteiger partial charge < -0.3 is 15.2 Å². The highest BCUT2D eigenvalue weighted by atomic mass is 16.3. The zero-order valence-electron chi connectivity index (χ0n) is 6.84. The van der Waals surface area contributed by atoms with E-state index in [2.05, 4.69) is 5.32 Å². The average Bonchev–Trinajstić information content (AvgIpc) is 2.06. The van der Waals surface area contributed by atoms with Crippen LogP contribution in [0.2, 0.25) is 0 Å². The second kappa shape index (κ2) is 3.32. The van der Waals surface area contributed by atoms with Crippen LogP contribution in [0.1, 0.15) is 26.2 Å². The zero-order valence-corrected chi connectivity index (χ0v) is 6.84. The highest BCUT2D eigenvalue weighted by Crippen LogP contribution is 2.16. The van der Waals surface area contributed by atoms with Crippen molar-refractivity contribution < 1.29 is 9.90 Å². The van der Waals surface area contributed by atoms with Gasteiger partial charge in [0.05, 0.1) is 0 Å². The Morgan fingerprint density at radius 1 is 1.64 bits per heavy atom. The number of carbonyl (C=O) groups is 1. The number of aldehydes is 1. The summed E-state index contributed by atoms with van der Waals surface area (Å²) in [6, 6.07) is -0.0475. The molecule has 0 aromatic heterocycles. The van der Waals surface area contributed by atoms with Crippen molar-refractivity contribution in [1.82, 2.24) is 5.32 Å². The zero-order chi connectivity index (χ0) is 8.32. The first-order valence-electron chi connectivity index (χ1n) is 4.09. The maximum atomic E-state index is 10.4. The van der Waals surface area contributed by atoms with Crippen molar-refractivity contribution in [3.63, 3.8) is 0 Å². The largest absolute Gasteiger partial charge is 0.381 e. The average molecular weight is 157 g/mol. The fraction of sp³-hybridized carbons (Fsp3) is 0.875. The predicted molar refractivity (Wildman–Crippen MR) is 42.3 cm³/mol. The maximum absolute atomic E-state index is 10.4. The minimum Gasteiger partial charge on any atom is -0.381 e. The molecule has 11 heavy (non-hydrogen) atoms. The lowest BCUT2D eigenvalue weighted by molar-refractivity contribution is -0.125. The number of nitrogens with one attached hydrogen (secondary N) is 1. The molecule has 0 amide bonds. The second-order valence-electron chi connectivity index (χ2n) is 3.35. The van der Waals surface area contributed by atoms with E-state index in [0.29, 0.717) is 6.29 Å². The number of aliphatic hydroxyl groups is 1. The van der Waals surface area contributed by atoms with E-state index in [1.165, 1.54) is 0 Å². The van der Waals surface area contributed by atoms with E-state index in [9.17, 15) is 9.90 Å². The van der Waals surface area contributed by atoms with Gasteiger partial charge in [-0.1, -0.05) is 6.42 Å². The summed E-state index contributed by atoms with van der Waals surface area (Å²) in [5.41, 5.74) is -1.18. The summed E-state index contributed by atoms with van der Waals surface area (Å²) in [5.74, 6) is 0. The molecule has 0 saturated carbocycles. The summed E-state index contributed by atoms with van der Waals surface area (Å²) < 4.78 is 0. The minimum atomic E-state index is -1.18. The Kier molecular flexibility index (Phi) is 2.62. The van der Waals surface area contributed by atoms with Crippen LogP contribution in [0.25, 0.3) is 0 Å². The molecule has 0 spiro atoms. The van der Waals surface area contributed by atoms with Crippen LogP contribution in [-0.2, 0) is 4.79 Å². The summed E-state index contributed by atoms with van der Waals surface area (Å²) in [7, 11) is 0. The molecule has 1 aliphatic heterocycles. The third-order valence-corrected chi connectivity index (χ3v) is 2.25. The Bertz CT molecular complexity index is 139. The SMILES string of the molecule is CC(O)(C=O)C1CCCCN1. The van der Waals surface area contributed by atoms with Crippen molar-refractivity contribution in [2.75, 3.05) is 6.54 Å². The maximum Gasteiger partial charge on any atom is 0.152 e. The van der Waals surface area contributed by atoms with Crippen LogP contribution in [0.3, 0.4) is 0 Å². The molecule has 2 unspecified atom stereocenters. The van der Waals surface area contributed by atoms with E-state index in [1.807, 2.05) is 0 Å². The van der Waals surface area contributed by atoms with Crippen LogP contribution < -0.4 is 5.32 Å². The van der Waals surface area contributed by atoms with Crippen molar-refractivity contribution in [3.8, 4) is 0 Å². The smallest absolute Gasteiger partial charge is 0.152 e. The Hall–Kier alpha value is -0.410. The van der Waals surface area contributed by atoms with Crippen molar-refractivity contribution in [2.45, 2.75) is 37.8 Å². The topological polar surface area (TPSA) is 49.3 Å². The van der Waals surface area contributed by atoms with Gasteiger partial charge >= 0.3 is 0 Å². The number of piperidine rings is 1. The van der Waals surface area contributed by atoms with Gasteiger partial charge in [-0.05, 0) is 26.3 Å². The molecule has 0 radical (unpaired) electrons. The molecule has 0 aromatic carbocycles. The molecule has 2 atom stereocenters. The molecular formula is C8H15NO2. The second-order valence-corrected chi connectivity index (χ2v) is 3.35. The molecule has 64 valence electrons. The molecule has 1 heterocycles. The monoisotopic (exact) mass is 157 g/mol. The van der Waals surface area contributed by atoms with Gasteiger partial charge in [0.15, 0.2) is 6.29 Å². The lowest BCUT2D eigenvalue weighted by Crippen LogP contribution is -2.52. The molecule has 3 heteroatoms. The van der Waals surface area contributed by atoms with Gasteiger partial charge in [-0.3, -0.25) is 0 Å². The fourth-order valence-corrected chi connectivity index (χ4v) is 1.43. The number of rotatable bonds is 2. The standard InChI is InChI=1S/C8H15NO2/c1-8(11,6-10)7-4-2-3-5-9-7/h6-7,9,11H,2-5H2,1H3. The first-order valence-corrected chi connectivity index (χ1v) is 4.09. The molecule has 1 saturated heterocycles. The van der Waals surface area contributed by atoms with Crippen molar-refractivity contribution >= 4 is 6.29 Å². The van der Waals surface area contributed by atoms with E-state index in [-0.39, 0.29) is 6.04 Å². The number of hydrogen-bond donors (Lipinski definition) is 2. The van der Waals surface area contributed by atoms with Crippen LogP contribution in [0.15, 0.2) is 0 Å². The van der Waals surface area contributed by atoms with E-state index >= 15 is 0 Å². The van der Waals surface area contributed by atoms with Gasteiger partial charge in [0, 0.05) is 6.04 Å². The molecule has 0 bridgehead atoms. The minimum absolute atomic E-state index is 0.0475. The number of hydrogen-bond acceptors (Lipinski definition) is 3. The highest BCUT2D eigenvalue weighted by Gasteiger charge is 2.31. The predicted octanol–water partition coefficient (Wildman–Crippen LogP) is 0.0784. The third-order valence-electron chi connectivity index (χ3n) is 2.25. The lowest BCUT2D eigenvalue weighted by Gasteiger charge is -2.32. The van der Waals surface area contributed by atoms with Crippen LogP contribution in [0, 0.1) is 0 Å². The van der Waals surface area contributed by atoms with Crippen LogP contribution >= 0.6 is 0 Å². The van der Waals surface area contributed by atoms with Crippen molar-refractivity contribution in [2.24, 2.45) is 0 Å². The van der Waals surface area contributed by atoms with Crippen LogP contribution in [0.5, 0.6) is 0 Å². The lowest BCUT2D eigenvalue weighted by atomic mass is 9.91. The molecule has 1 aliphatic rings. The quantitative estimate of drug-likeness (QED) is 0.558. The third kappa shape index (κ3) is 2.01. The molecule has 1 rings (SSSR count). The molecule has 0 aromatic rings. The van der Waals surface area contributed by atoms with Crippen LogP contribution in [-0.4, -0.2) is 29.6 Å². The first-order chi connectivity index (χ1) is 5.17.